The predicted molar refractivity (Wildman–Crippen MR) is 89.9 cm³/mol. The molecule has 0 aliphatic carbocycles. The molecule has 28 heavy (non-hydrogen) atoms. The number of ether oxygens (including phenoxy) is 3. The van der Waals surface area contributed by atoms with Gasteiger partial charge in [0.1, 0.15) is 35.9 Å². The van der Waals surface area contributed by atoms with Gasteiger partial charge in [0.2, 0.25) is 6.29 Å². The van der Waals surface area contributed by atoms with Gasteiger partial charge in [-0.1, -0.05) is 24.3 Å². The molecule has 0 aromatic heterocycles. The van der Waals surface area contributed by atoms with Crippen molar-refractivity contribution < 1.29 is 47.8 Å². The van der Waals surface area contributed by atoms with Crippen LogP contribution in [0.1, 0.15) is 0 Å². The molecule has 4 N–H and O–H groups in total. The van der Waals surface area contributed by atoms with E-state index in [1.54, 1.807) is 24.3 Å². The summed E-state index contributed by atoms with van der Waals surface area (Å²) in [5.74, 6) is 0.147. The standard InChI is InChI=1S/C18H19F3O7/c19-18(20,21)8-26-11-5-6-12(10-4-2-1-3-9(10)11)27-17-16(25)15(24)14(23)13(7-22)28-17/h1-6,13-17,22-25H,7-8H2/t13-,14+,15+,16-,17-/m1/s1. The second kappa shape index (κ2) is 8.10. The summed E-state index contributed by atoms with van der Waals surface area (Å²) >= 11 is 0. The highest BCUT2D eigenvalue weighted by molar-refractivity contribution is 5.93. The maximum Gasteiger partial charge on any atom is 0.422 e. The zero-order chi connectivity index (χ0) is 20.5. The molecule has 1 aliphatic rings. The Kier molecular flexibility index (Phi) is 5.96. The van der Waals surface area contributed by atoms with Crippen molar-refractivity contribution in [2.24, 2.45) is 0 Å². The average molecular weight is 404 g/mol. The van der Waals surface area contributed by atoms with Crippen molar-refractivity contribution in [2.75, 3.05) is 13.2 Å². The molecule has 0 spiro atoms. The smallest absolute Gasteiger partial charge is 0.422 e. The SMILES string of the molecule is OC[C@H]1O[C@@H](Oc2ccc(OCC(F)(F)F)c3ccccc23)[C@H](O)[C@@H](O)[C@H]1O. The maximum atomic E-state index is 12.5. The molecule has 3 rings (SSSR count). The third-order valence-electron chi connectivity index (χ3n) is 4.33. The fourth-order valence-electron chi connectivity index (χ4n) is 2.92. The van der Waals surface area contributed by atoms with Crippen LogP contribution in [0, 0.1) is 0 Å². The Hall–Kier alpha value is -2.11. The van der Waals surface area contributed by atoms with Crippen molar-refractivity contribution >= 4 is 10.8 Å². The molecule has 7 nitrogen and oxygen atoms in total. The van der Waals surface area contributed by atoms with E-state index in [2.05, 4.69) is 0 Å². The van der Waals surface area contributed by atoms with E-state index < -0.39 is 50.1 Å². The number of aliphatic hydroxyl groups excluding tert-OH is 4. The molecular formula is C18H19F3O7. The van der Waals surface area contributed by atoms with Crippen LogP contribution in [0.25, 0.3) is 10.8 Å². The highest BCUT2D eigenvalue weighted by Gasteiger charge is 2.44. The number of hydrogen-bond acceptors (Lipinski definition) is 7. The summed E-state index contributed by atoms with van der Waals surface area (Å²) < 4.78 is 53.1. The number of hydrogen-bond donors (Lipinski definition) is 4. The second-order valence-corrected chi connectivity index (χ2v) is 6.33. The van der Waals surface area contributed by atoms with Crippen molar-refractivity contribution in [1.82, 2.24) is 0 Å². The third-order valence-corrected chi connectivity index (χ3v) is 4.33. The van der Waals surface area contributed by atoms with E-state index in [0.717, 1.165) is 0 Å². The molecule has 2 aromatic carbocycles. The first kappa shape index (κ1) is 20.6. The van der Waals surface area contributed by atoms with Gasteiger partial charge in [0.15, 0.2) is 6.61 Å². The van der Waals surface area contributed by atoms with Gasteiger partial charge < -0.3 is 34.6 Å². The zero-order valence-corrected chi connectivity index (χ0v) is 14.4. The summed E-state index contributed by atoms with van der Waals surface area (Å²) in [6.45, 7) is -2.07. The molecule has 0 unspecified atom stereocenters. The third kappa shape index (κ3) is 4.31. The monoisotopic (exact) mass is 404 g/mol. The molecule has 0 amide bonds. The Balaban J connectivity index is 1.88. The highest BCUT2D eigenvalue weighted by atomic mass is 19.4. The summed E-state index contributed by atoms with van der Waals surface area (Å²) in [6.07, 6.45) is -11.8. The molecule has 154 valence electrons. The molecule has 1 saturated heterocycles. The minimum absolute atomic E-state index is 0.00548. The van der Waals surface area contributed by atoms with Crippen LogP contribution in [-0.2, 0) is 4.74 Å². The van der Waals surface area contributed by atoms with E-state index in [4.69, 9.17) is 14.2 Å². The molecule has 0 bridgehead atoms. The Bertz CT molecular complexity index is 811. The zero-order valence-electron chi connectivity index (χ0n) is 14.4. The molecular weight excluding hydrogens is 385 g/mol. The quantitative estimate of drug-likeness (QED) is 0.588. The lowest BCUT2D eigenvalue weighted by atomic mass is 9.99. The van der Waals surface area contributed by atoms with E-state index in [9.17, 15) is 33.6 Å². The Morgan fingerprint density at radius 2 is 1.50 bits per heavy atom. The number of rotatable bonds is 5. The molecule has 5 atom stereocenters. The number of halogens is 3. The van der Waals surface area contributed by atoms with Crippen LogP contribution >= 0.6 is 0 Å². The topological polar surface area (TPSA) is 109 Å². The largest absolute Gasteiger partial charge is 0.483 e. The molecule has 1 heterocycles. The minimum Gasteiger partial charge on any atom is -0.483 e. The molecule has 0 radical (unpaired) electrons. The van der Waals surface area contributed by atoms with Gasteiger partial charge in [0, 0.05) is 10.8 Å². The number of fused-ring (bicyclic) bond motifs is 1. The van der Waals surface area contributed by atoms with Crippen molar-refractivity contribution in [2.45, 2.75) is 36.9 Å². The van der Waals surface area contributed by atoms with E-state index in [1.807, 2.05) is 0 Å². The Morgan fingerprint density at radius 3 is 2.11 bits per heavy atom. The fourth-order valence-corrected chi connectivity index (χ4v) is 2.92. The highest BCUT2D eigenvalue weighted by Crippen LogP contribution is 2.35. The van der Waals surface area contributed by atoms with E-state index in [1.165, 1.54) is 12.1 Å². The van der Waals surface area contributed by atoms with Gasteiger partial charge in [-0.05, 0) is 12.1 Å². The summed E-state index contributed by atoms with van der Waals surface area (Å²) in [6, 6.07) is 9.00. The van der Waals surface area contributed by atoms with Gasteiger partial charge in [0.05, 0.1) is 6.61 Å². The van der Waals surface area contributed by atoms with Crippen LogP contribution in [-0.4, -0.2) is 70.5 Å². The Labute approximate surface area is 157 Å². The van der Waals surface area contributed by atoms with Gasteiger partial charge in [-0.3, -0.25) is 0 Å². The van der Waals surface area contributed by atoms with Crippen LogP contribution in [0.2, 0.25) is 0 Å². The maximum absolute atomic E-state index is 12.5. The molecule has 1 aliphatic heterocycles. The van der Waals surface area contributed by atoms with Crippen LogP contribution in [0.3, 0.4) is 0 Å². The fraction of sp³-hybridized carbons (Fsp3) is 0.444. The van der Waals surface area contributed by atoms with E-state index in [-0.39, 0.29) is 11.5 Å². The van der Waals surface area contributed by atoms with Crippen LogP contribution in [0.5, 0.6) is 11.5 Å². The van der Waals surface area contributed by atoms with Crippen LogP contribution in [0.15, 0.2) is 36.4 Å². The average Bonchev–Trinajstić information content (AvgIpc) is 2.67. The van der Waals surface area contributed by atoms with Gasteiger partial charge in [-0.25, -0.2) is 0 Å². The Morgan fingerprint density at radius 1 is 0.893 bits per heavy atom. The number of alkyl halides is 3. The lowest BCUT2D eigenvalue weighted by Crippen LogP contribution is -2.60. The van der Waals surface area contributed by atoms with Gasteiger partial charge in [-0.15, -0.1) is 0 Å². The first-order valence-electron chi connectivity index (χ1n) is 8.39. The number of benzene rings is 2. The van der Waals surface area contributed by atoms with Crippen LogP contribution < -0.4 is 9.47 Å². The van der Waals surface area contributed by atoms with E-state index in [0.29, 0.717) is 10.8 Å². The normalized spacial score (nSPS) is 28.3. The first-order valence-corrected chi connectivity index (χ1v) is 8.39. The summed E-state index contributed by atoms with van der Waals surface area (Å²) in [7, 11) is 0. The van der Waals surface area contributed by atoms with Crippen molar-refractivity contribution in [3.05, 3.63) is 36.4 Å². The minimum atomic E-state index is -4.49. The van der Waals surface area contributed by atoms with E-state index >= 15 is 0 Å². The van der Waals surface area contributed by atoms with Crippen molar-refractivity contribution in [1.29, 1.82) is 0 Å². The van der Waals surface area contributed by atoms with Gasteiger partial charge in [-0.2, -0.15) is 13.2 Å². The summed E-state index contributed by atoms with van der Waals surface area (Å²) in [4.78, 5) is 0. The number of aliphatic hydroxyl groups is 4. The molecule has 2 aromatic rings. The van der Waals surface area contributed by atoms with Gasteiger partial charge in [0.25, 0.3) is 0 Å². The predicted octanol–water partition coefficient (Wildman–Crippen LogP) is 0.960. The van der Waals surface area contributed by atoms with Crippen LogP contribution in [0.4, 0.5) is 13.2 Å². The lowest BCUT2D eigenvalue weighted by Gasteiger charge is -2.39. The van der Waals surface area contributed by atoms with Gasteiger partial charge >= 0.3 is 6.18 Å². The molecule has 0 saturated carbocycles. The summed E-state index contributed by atoms with van der Waals surface area (Å²) in [5, 5.41) is 39.7. The summed E-state index contributed by atoms with van der Waals surface area (Å²) in [5.41, 5.74) is 0. The molecule has 10 heteroatoms. The lowest BCUT2D eigenvalue weighted by molar-refractivity contribution is -0.277. The second-order valence-electron chi connectivity index (χ2n) is 6.33. The first-order chi connectivity index (χ1) is 13.2. The van der Waals surface area contributed by atoms with Crippen molar-refractivity contribution in [3.8, 4) is 11.5 Å². The van der Waals surface area contributed by atoms with Crippen molar-refractivity contribution in [3.63, 3.8) is 0 Å². The molecule has 1 fully saturated rings.